The van der Waals surface area contributed by atoms with Crippen LogP contribution in [0.15, 0.2) is 58.3 Å². The zero-order chi connectivity index (χ0) is 10.7. The topological polar surface area (TPSA) is 26.0 Å². The Morgan fingerprint density at radius 1 is 0.938 bits per heavy atom. The zero-order valence-electron chi connectivity index (χ0n) is 8.39. The van der Waals surface area contributed by atoms with Gasteiger partial charge in [-0.2, -0.15) is 0 Å². The number of benzene rings is 2. The third kappa shape index (κ3) is 3.34. The van der Waals surface area contributed by atoms with E-state index in [1.54, 1.807) is 11.8 Å². The smallest absolute Gasteiger partial charge is 0.0455 e. The van der Waals surface area contributed by atoms with Gasteiger partial charge < -0.3 is 5.73 Å². The minimum atomic E-state index is 0. The molecule has 0 bridgehead atoms. The molecule has 0 aliphatic heterocycles. The first kappa shape index (κ1) is 13.2. The average molecular weight is 272 g/mol. The van der Waals surface area contributed by atoms with Crippen molar-refractivity contribution in [3.63, 3.8) is 0 Å². The summed E-state index contributed by atoms with van der Waals surface area (Å²) in [6.07, 6.45) is 0. The van der Waals surface area contributed by atoms with Gasteiger partial charge in [-0.1, -0.05) is 35.5 Å². The van der Waals surface area contributed by atoms with Crippen molar-refractivity contribution in [3.05, 3.63) is 53.6 Å². The highest BCUT2D eigenvalue weighted by Crippen LogP contribution is 2.32. The zero-order valence-corrected chi connectivity index (χ0v) is 10.8. The van der Waals surface area contributed by atoms with Crippen LogP contribution in [-0.2, 0) is 0 Å². The van der Waals surface area contributed by atoms with E-state index >= 15 is 0 Å². The van der Waals surface area contributed by atoms with Gasteiger partial charge in [0, 0.05) is 20.5 Å². The van der Waals surface area contributed by atoms with E-state index in [1.165, 1.54) is 0 Å². The van der Waals surface area contributed by atoms with E-state index in [0.717, 1.165) is 20.5 Å². The highest BCUT2D eigenvalue weighted by atomic mass is 35.5. The Hall–Kier alpha value is -0.830. The largest absolute Gasteiger partial charge is 0.398 e. The molecule has 84 valence electrons. The molecule has 1 nitrogen and oxygen atoms in total. The molecule has 0 radical (unpaired) electrons. The molecule has 2 aromatic carbocycles. The minimum Gasteiger partial charge on any atom is -0.398 e. The number of nitrogen functional groups attached to an aromatic ring is 1. The van der Waals surface area contributed by atoms with Crippen molar-refractivity contribution in [1.82, 2.24) is 0 Å². The summed E-state index contributed by atoms with van der Waals surface area (Å²) in [4.78, 5) is 2.21. The number of para-hydroxylation sites is 1. The number of hydrogen-bond acceptors (Lipinski definition) is 2. The van der Waals surface area contributed by atoms with E-state index in [-0.39, 0.29) is 12.4 Å². The van der Waals surface area contributed by atoms with Crippen LogP contribution in [0, 0.1) is 0 Å². The molecule has 0 atom stereocenters. The molecule has 0 aromatic heterocycles. The van der Waals surface area contributed by atoms with Crippen LogP contribution in [0.2, 0.25) is 5.02 Å². The van der Waals surface area contributed by atoms with Gasteiger partial charge >= 0.3 is 0 Å². The van der Waals surface area contributed by atoms with Gasteiger partial charge in [0.05, 0.1) is 0 Å². The Kier molecular flexibility index (Phi) is 5.00. The second kappa shape index (κ2) is 6.04. The second-order valence-electron chi connectivity index (χ2n) is 3.09. The molecule has 2 aromatic rings. The van der Waals surface area contributed by atoms with Crippen LogP contribution in [0.5, 0.6) is 0 Å². The summed E-state index contributed by atoms with van der Waals surface area (Å²) in [5.74, 6) is 0. The summed E-state index contributed by atoms with van der Waals surface area (Å²) in [6, 6.07) is 15.5. The molecule has 0 amide bonds. The molecular formula is C12H11Cl2NS. The summed E-state index contributed by atoms with van der Waals surface area (Å²) in [6.45, 7) is 0. The summed E-state index contributed by atoms with van der Waals surface area (Å²) in [7, 11) is 0. The number of nitrogens with two attached hydrogens (primary N) is 1. The van der Waals surface area contributed by atoms with Gasteiger partial charge in [-0.25, -0.2) is 0 Å². The average Bonchev–Trinajstić information content (AvgIpc) is 2.25. The highest BCUT2D eigenvalue weighted by molar-refractivity contribution is 7.99. The molecule has 4 heteroatoms. The Morgan fingerprint density at radius 3 is 2.19 bits per heavy atom. The van der Waals surface area contributed by atoms with Crippen molar-refractivity contribution >= 4 is 41.5 Å². The van der Waals surface area contributed by atoms with Crippen molar-refractivity contribution in [2.45, 2.75) is 9.79 Å². The van der Waals surface area contributed by atoms with Crippen LogP contribution in [0.3, 0.4) is 0 Å². The van der Waals surface area contributed by atoms with Crippen LogP contribution in [-0.4, -0.2) is 0 Å². The number of anilines is 1. The van der Waals surface area contributed by atoms with Crippen LogP contribution in [0.25, 0.3) is 0 Å². The second-order valence-corrected chi connectivity index (χ2v) is 4.65. The third-order valence-electron chi connectivity index (χ3n) is 1.96. The predicted octanol–water partition coefficient (Wildman–Crippen LogP) is 4.50. The first-order chi connectivity index (χ1) is 7.25. The third-order valence-corrected chi connectivity index (χ3v) is 3.31. The van der Waals surface area contributed by atoms with Crippen LogP contribution < -0.4 is 5.73 Å². The lowest BCUT2D eigenvalue weighted by atomic mass is 10.3. The monoisotopic (exact) mass is 271 g/mol. The van der Waals surface area contributed by atoms with Crippen molar-refractivity contribution < 1.29 is 0 Å². The van der Waals surface area contributed by atoms with Crippen molar-refractivity contribution in [2.24, 2.45) is 0 Å². The highest BCUT2D eigenvalue weighted by Gasteiger charge is 2.00. The molecule has 0 saturated carbocycles. The SMILES string of the molecule is Cl.Nc1ccccc1Sc1ccc(Cl)cc1. The first-order valence-electron chi connectivity index (χ1n) is 4.53. The fourth-order valence-electron chi connectivity index (χ4n) is 1.20. The maximum Gasteiger partial charge on any atom is 0.0455 e. The molecule has 0 unspecified atom stereocenters. The van der Waals surface area contributed by atoms with E-state index in [0.29, 0.717) is 0 Å². The molecule has 16 heavy (non-hydrogen) atoms. The van der Waals surface area contributed by atoms with Crippen LogP contribution in [0.1, 0.15) is 0 Å². The van der Waals surface area contributed by atoms with Gasteiger partial charge in [0.2, 0.25) is 0 Å². The normalized spacial score (nSPS) is 9.56. The predicted molar refractivity (Wildman–Crippen MR) is 73.7 cm³/mol. The Balaban J connectivity index is 0.00000128. The van der Waals surface area contributed by atoms with Crippen molar-refractivity contribution in [1.29, 1.82) is 0 Å². The summed E-state index contributed by atoms with van der Waals surface area (Å²) in [5, 5.41) is 0.750. The molecule has 0 aliphatic rings. The van der Waals surface area contributed by atoms with Crippen molar-refractivity contribution in [3.8, 4) is 0 Å². The van der Waals surface area contributed by atoms with E-state index in [9.17, 15) is 0 Å². The lowest BCUT2D eigenvalue weighted by Crippen LogP contribution is -1.86. The fourth-order valence-corrected chi connectivity index (χ4v) is 2.19. The first-order valence-corrected chi connectivity index (χ1v) is 5.73. The lowest BCUT2D eigenvalue weighted by molar-refractivity contribution is 1.41. The quantitative estimate of drug-likeness (QED) is 0.815. The lowest BCUT2D eigenvalue weighted by Gasteiger charge is -2.04. The van der Waals surface area contributed by atoms with Gasteiger partial charge in [0.15, 0.2) is 0 Å². The van der Waals surface area contributed by atoms with E-state index in [4.69, 9.17) is 17.3 Å². The van der Waals surface area contributed by atoms with Crippen LogP contribution >= 0.6 is 35.8 Å². The van der Waals surface area contributed by atoms with E-state index in [2.05, 4.69) is 0 Å². The summed E-state index contributed by atoms with van der Waals surface area (Å²) in [5.41, 5.74) is 6.65. The molecular weight excluding hydrogens is 261 g/mol. The van der Waals surface area contributed by atoms with E-state index in [1.807, 2.05) is 48.5 Å². The molecule has 0 spiro atoms. The van der Waals surface area contributed by atoms with Gasteiger partial charge in [-0.15, -0.1) is 12.4 Å². The van der Waals surface area contributed by atoms with Crippen LogP contribution in [0.4, 0.5) is 5.69 Å². The maximum absolute atomic E-state index is 5.85. The summed E-state index contributed by atoms with van der Waals surface area (Å²) >= 11 is 7.45. The maximum atomic E-state index is 5.85. The fraction of sp³-hybridized carbons (Fsp3) is 0. The minimum absolute atomic E-state index is 0. The number of rotatable bonds is 2. The molecule has 2 rings (SSSR count). The summed E-state index contributed by atoms with van der Waals surface area (Å²) < 4.78 is 0. The van der Waals surface area contributed by atoms with Gasteiger partial charge in [-0.05, 0) is 36.4 Å². The van der Waals surface area contributed by atoms with Gasteiger partial charge in [0.1, 0.15) is 0 Å². The molecule has 0 saturated heterocycles. The van der Waals surface area contributed by atoms with Gasteiger partial charge in [0.25, 0.3) is 0 Å². The number of halogens is 2. The number of hydrogen-bond donors (Lipinski definition) is 1. The molecule has 0 aliphatic carbocycles. The van der Waals surface area contributed by atoms with Crippen molar-refractivity contribution in [2.75, 3.05) is 5.73 Å². The Labute approximate surface area is 110 Å². The standard InChI is InChI=1S/C12H10ClNS.ClH/c13-9-5-7-10(8-6-9)15-12-4-2-1-3-11(12)14;/h1-8H,14H2;1H. The molecule has 0 heterocycles. The Bertz CT molecular complexity index is 457. The molecule has 0 fully saturated rings. The van der Waals surface area contributed by atoms with Gasteiger partial charge in [-0.3, -0.25) is 0 Å². The molecule has 2 N–H and O–H groups in total. The Morgan fingerprint density at radius 2 is 1.56 bits per heavy atom. The van der Waals surface area contributed by atoms with E-state index < -0.39 is 0 Å².